The molecule has 9 nitrogen and oxygen atoms in total. The van der Waals surface area contributed by atoms with Gasteiger partial charge >= 0.3 is 0 Å². The second-order valence-electron chi connectivity index (χ2n) is 8.57. The lowest BCUT2D eigenvalue weighted by Crippen LogP contribution is -2.16. The van der Waals surface area contributed by atoms with Crippen LogP contribution in [0.1, 0.15) is 27.7 Å². The van der Waals surface area contributed by atoms with Crippen molar-refractivity contribution in [1.82, 2.24) is 15.0 Å². The number of nitrogens with one attached hydrogen (secondary N) is 3. The van der Waals surface area contributed by atoms with Crippen LogP contribution in [0.5, 0.6) is 0 Å². The minimum Gasteiger partial charge on any atom is -0.346 e. The molecule has 0 fully saturated rings. The first-order chi connectivity index (χ1) is 16.5. The molecule has 0 spiro atoms. The van der Waals surface area contributed by atoms with E-state index in [1.54, 1.807) is 82.4 Å². The molecular formula is C24H27N5O4S2. The van der Waals surface area contributed by atoms with Gasteiger partial charge in [0.2, 0.25) is 5.95 Å². The van der Waals surface area contributed by atoms with Gasteiger partial charge in [0, 0.05) is 6.20 Å². The zero-order chi connectivity index (χ0) is 25.4. The van der Waals surface area contributed by atoms with Crippen LogP contribution in [0.2, 0.25) is 0 Å². The third kappa shape index (κ3) is 4.73. The van der Waals surface area contributed by atoms with Gasteiger partial charge in [0.05, 0.1) is 37.1 Å². The van der Waals surface area contributed by atoms with Gasteiger partial charge in [0.25, 0.3) is 0 Å². The average Bonchev–Trinajstić information content (AvgIpc) is 3.28. The maximum Gasteiger partial charge on any atom is 0.231 e. The lowest BCUT2D eigenvalue weighted by Gasteiger charge is -2.16. The molecule has 0 unspecified atom stereocenters. The maximum absolute atomic E-state index is 12.9. The van der Waals surface area contributed by atoms with E-state index in [1.807, 2.05) is 0 Å². The smallest absolute Gasteiger partial charge is 0.231 e. The topological polar surface area (TPSA) is 134 Å². The summed E-state index contributed by atoms with van der Waals surface area (Å²) in [4.78, 5) is 12.4. The van der Waals surface area contributed by atoms with E-state index < -0.39 is 30.2 Å². The molecule has 0 aliphatic carbocycles. The van der Waals surface area contributed by atoms with Gasteiger partial charge in [-0.1, -0.05) is 24.3 Å². The molecule has 0 saturated carbocycles. The first kappa shape index (κ1) is 24.7. The van der Waals surface area contributed by atoms with Crippen LogP contribution in [-0.2, 0) is 19.7 Å². The van der Waals surface area contributed by atoms with Gasteiger partial charge in [-0.15, -0.1) is 0 Å². The SMILES string of the molecule is CC(C)S(=O)(=O)c1ccccc1Nc1nc(Nc2ccccc2S(=O)(=O)C(C)C)c2cc[nH]c2n1. The normalized spacial score (nSPS) is 12.4. The van der Waals surface area contributed by atoms with Crippen LogP contribution in [0.3, 0.4) is 0 Å². The molecule has 2 aromatic heterocycles. The predicted molar refractivity (Wildman–Crippen MR) is 138 cm³/mol. The number of para-hydroxylation sites is 2. The van der Waals surface area contributed by atoms with E-state index in [4.69, 9.17) is 0 Å². The average molecular weight is 514 g/mol. The Morgan fingerprint density at radius 1 is 0.714 bits per heavy atom. The molecule has 11 heteroatoms. The van der Waals surface area contributed by atoms with E-state index >= 15 is 0 Å². The summed E-state index contributed by atoms with van der Waals surface area (Å²) in [5.41, 5.74) is 1.23. The molecule has 0 amide bonds. The summed E-state index contributed by atoms with van der Waals surface area (Å²) in [6.07, 6.45) is 1.70. The number of aromatic amines is 1. The summed E-state index contributed by atoms with van der Waals surface area (Å²) in [6, 6.07) is 15.0. The zero-order valence-corrected chi connectivity index (χ0v) is 21.4. The van der Waals surface area contributed by atoms with Gasteiger partial charge in [-0.25, -0.2) is 16.8 Å². The first-order valence-corrected chi connectivity index (χ1v) is 14.2. The number of rotatable bonds is 8. The number of nitrogens with zero attached hydrogens (tertiary/aromatic N) is 2. The number of hydrogen-bond donors (Lipinski definition) is 3. The van der Waals surface area contributed by atoms with Gasteiger partial charge in [0.15, 0.2) is 19.7 Å². The summed E-state index contributed by atoms with van der Waals surface area (Å²) < 4.78 is 51.5. The Morgan fingerprint density at radius 3 is 1.77 bits per heavy atom. The van der Waals surface area contributed by atoms with Crippen molar-refractivity contribution < 1.29 is 16.8 Å². The highest BCUT2D eigenvalue weighted by Crippen LogP contribution is 2.32. The van der Waals surface area contributed by atoms with Crippen LogP contribution >= 0.6 is 0 Å². The minimum absolute atomic E-state index is 0.146. The Kier molecular flexibility index (Phi) is 6.56. The molecule has 0 aliphatic heterocycles. The second kappa shape index (κ2) is 9.31. The Morgan fingerprint density at radius 2 is 1.23 bits per heavy atom. The van der Waals surface area contributed by atoms with E-state index in [1.165, 1.54) is 6.07 Å². The number of benzene rings is 2. The number of hydrogen-bond acceptors (Lipinski definition) is 8. The third-order valence-corrected chi connectivity index (χ3v) is 9.96. The molecule has 0 atom stereocenters. The molecule has 4 rings (SSSR count). The summed E-state index contributed by atoms with van der Waals surface area (Å²) in [5, 5.41) is 5.62. The molecule has 184 valence electrons. The first-order valence-electron chi connectivity index (χ1n) is 11.1. The van der Waals surface area contributed by atoms with Crippen molar-refractivity contribution in [2.75, 3.05) is 10.6 Å². The number of aromatic nitrogens is 3. The lowest BCUT2D eigenvalue weighted by atomic mass is 10.3. The number of sulfone groups is 2. The monoisotopic (exact) mass is 513 g/mol. The Balaban J connectivity index is 1.79. The van der Waals surface area contributed by atoms with Gasteiger partial charge in [-0.2, -0.15) is 9.97 Å². The van der Waals surface area contributed by atoms with Crippen LogP contribution in [0.25, 0.3) is 11.0 Å². The van der Waals surface area contributed by atoms with Crippen molar-refractivity contribution in [2.45, 2.75) is 48.0 Å². The van der Waals surface area contributed by atoms with Crippen molar-refractivity contribution >= 4 is 53.8 Å². The van der Waals surface area contributed by atoms with Crippen molar-refractivity contribution in [1.29, 1.82) is 0 Å². The van der Waals surface area contributed by atoms with E-state index in [2.05, 4.69) is 25.6 Å². The minimum atomic E-state index is -3.56. The van der Waals surface area contributed by atoms with Crippen LogP contribution in [-0.4, -0.2) is 42.3 Å². The molecule has 0 aliphatic rings. The number of H-pyrrole nitrogens is 1. The molecule has 2 aromatic carbocycles. The molecule has 2 heterocycles. The zero-order valence-electron chi connectivity index (χ0n) is 19.8. The summed E-state index contributed by atoms with van der Waals surface area (Å²) >= 11 is 0. The number of anilines is 4. The highest BCUT2D eigenvalue weighted by molar-refractivity contribution is 7.92. The van der Waals surface area contributed by atoms with E-state index in [-0.39, 0.29) is 15.7 Å². The fourth-order valence-electron chi connectivity index (χ4n) is 3.48. The molecule has 0 radical (unpaired) electrons. The summed E-state index contributed by atoms with van der Waals surface area (Å²) in [6.45, 7) is 6.51. The van der Waals surface area contributed by atoms with Crippen LogP contribution in [0.4, 0.5) is 23.1 Å². The standard InChI is InChI=1S/C24H27N5O4S2/c1-15(2)34(30,31)20-11-7-5-9-18(20)26-23-17-13-14-25-22(17)28-24(29-23)27-19-10-6-8-12-21(19)35(32,33)16(3)4/h5-16H,1-4H3,(H3,25,26,27,28,29). The highest BCUT2D eigenvalue weighted by atomic mass is 32.2. The van der Waals surface area contributed by atoms with Crippen LogP contribution in [0, 0.1) is 0 Å². The molecule has 3 N–H and O–H groups in total. The van der Waals surface area contributed by atoms with E-state index in [9.17, 15) is 16.8 Å². The van der Waals surface area contributed by atoms with Crippen molar-refractivity contribution in [3.63, 3.8) is 0 Å². The quantitative estimate of drug-likeness (QED) is 0.306. The Labute approximate surface area is 204 Å². The molecule has 0 saturated heterocycles. The molecule has 4 aromatic rings. The fraction of sp³-hybridized carbons (Fsp3) is 0.250. The highest BCUT2D eigenvalue weighted by Gasteiger charge is 2.25. The largest absolute Gasteiger partial charge is 0.346 e. The third-order valence-electron chi connectivity index (χ3n) is 5.54. The summed E-state index contributed by atoms with van der Waals surface area (Å²) in [7, 11) is -7.11. The van der Waals surface area contributed by atoms with Gasteiger partial charge in [-0.3, -0.25) is 0 Å². The lowest BCUT2D eigenvalue weighted by molar-refractivity contribution is 0.586. The summed E-state index contributed by atoms with van der Waals surface area (Å²) in [5.74, 6) is 0.521. The van der Waals surface area contributed by atoms with Crippen molar-refractivity contribution in [3.8, 4) is 0 Å². The molecule has 0 bridgehead atoms. The van der Waals surface area contributed by atoms with Crippen molar-refractivity contribution in [3.05, 3.63) is 60.8 Å². The fourth-order valence-corrected chi connectivity index (χ4v) is 5.89. The van der Waals surface area contributed by atoms with Crippen molar-refractivity contribution in [2.24, 2.45) is 0 Å². The van der Waals surface area contributed by atoms with Gasteiger partial charge < -0.3 is 15.6 Å². The van der Waals surface area contributed by atoms with E-state index in [0.717, 1.165) is 0 Å². The molecular weight excluding hydrogens is 486 g/mol. The predicted octanol–water partition coefficient (Wildman–Crippen LogP) is 4.81. The van der Waals surface area contributed by atoms with Crippen LogP contribution < -0.4 is 10.6 Å². The maximum atomic E-state index is 12.9. The Hall–Kier alpha value is -3.44. The second-order valence-corrected chi connectivity index (χ2v) is 13.5. The van der Waals surface area contributed by atoms with Crippen LogP contribution in [0.15, 0.2) is 70.6 Å². The van der Waals surface area contributed by atoms with Gasteiger partial charge in [0.1, 0.15) is 11.5 Å². The number of fused-ring (bicyclic) bond motifs is 1. The molecule has 35 heavy (non-hydrogen) atoms. The Bertz CT molecular complexity index is 1590. The van der Waals surface area contributed by atoms with E-state index in [0.29, 0.717) is 28.2 Å². The van der Waals surface area contributed by atoms with Gasteiger partial charge in [-0.05, 0) is 58.0 Å².